The Morgan fingerprint density at radius 3 is 2.45 bits per heavy atom. The van der Waals surface area contributed by atoms with Crippen molar-refractivity contribution in [3.63, 3.8) is 0 Å². The lowest BCUT2D eigenvalue weighted by Gasteiger charge is -2.10. The van der Waals surface area contributed by atoms with Crippen molar-refractivity contribution < 1.29 is 14.2 Å². The molecule has 7 heteroatoms. The van der Waals surface area contributed by atoms with Crippen LogP contribution in [0.15, 0.2) is 53.5 Å². The van der Waals surface area contributed by atoms with Gasteiger partial charge in [0.25, 0.3) is 0 Å². The van der Waals surface area contributed by atoms with Crippen LogP contribution < -0.4 is 20.5 Å². The molecular formula is C22H32IN3O3. The molecule has 0 bridgehead atoms. The number of nitrogens with one attached hydrogen (secondary N) is 1. The van der Waals surface area contributed by atoms with Gasteiger partial charge in [-0.15, -0.1) is 24.0 Å². The Bertz CT molecular complexity index is 726. The first-order chi connectivity index (χ1) is 13.7. The first-order valence-corrected chi connectivity index (χ1v) is 9.59. The molecule has 3 N–H and O–H groups in total. The Morgan fingerprint density at radius 2 is 1.72 bits per heavy atom. The van der Waals surface area contributed by atoms with E-state index in [-0.39, 0.29) is 24.0 Å². The lowest BCUT2D eigenvalue weighted by atomic mass is 10.1. The van der Waals surface area contributed by atoms with Gasteiger partial charge in [0.15, 0.2) is 17.5 Å². The van der Waals surface area contributed by atoms with E-state index >= 15 is 0 Å². The summed E-state index contributed by atoms with van der Waals surface area (Å²) in [4.78, 5) is 4.36. The molecule has 0 amide bonds. The second kappa shape index (κ2) is 14.9. The van der Waals surface area contributed by atoms with Crippen LogP contribution in [-0.4, -0.2) is 39.9 Å². The highest BCUT2D eigenvalue weighted by molar-refractivity contribution is 14.0. The number of benzene rings is 2. The summed E-state index contributed by atoms with van der Waals surface area (Å²) in [6.07, 6.45) is 2.74. The van der Waals surface area contributed by atoms with Gasteiger partial charge < -0.3 is 25.3 Å². The Hall–Kier alpha value is -2.00. The molecular weight excluding hydrogens is 481 g/mol. The van der Waals surface area contributed by atoms with Gasteiger partial charge in [-0.2, -0.15) is 0 Å². The minimum absolute atomic E-state index is 0. The van der Waals surface area contributed by atoms with Gasteiger partial charge in [-0.3, -0.25) is 4.99 Å². The molecule has 0 aliphatic carbocycles. The molecule has 2 aromatic rings. The van der Waals surface area contributed by atoms with Crippen LogP contribution in [0.1, 0.15) is 24.0 Å². The van der Waals surface area contributed by atoms with Crippen LogP contribution in [0.4, 0.5) is 0 Å². The van der Waals surface area contributed by atoms with Crippen molar-refractivity contribution in [3.05, 3.63) is 59.7 Å². The van der Waals surface area contributed by atoms with Gasteiger partial charge >= 0.3 is 0 Å². The summed E-state index contributed by atoms with van der Waals surface area (Å²) >= 11 is 0. The van der Waals surface area contributed by atoms with Crippen LogP contribution in [0, 0.1) is 0 Å². The smallest absolute Gasteiger partial charge is 0.188 e. The maximum absolute atomic E-state index is 5.92. The molecule has 6 nitrogen and oxygen atoms in total. The third kappa shape index (κ3) is 9.85. The minimum Gasteiger partial charge on any atom is -0.493 e. The molecule has 2 rings (SSSR count). The molecule has 29 heavy (non-hydrogen) atoms. The first-order valence-electron chi connectivity index (χ1n) is 9.59. The van der Waals surface area contributed by atoms with Gasteiger partial charge in [0.1, 0.15) is 0 Å². The Kier molecular flexibility index (Phi) is 12.9. The number of hydrogen-bond donors (Lipinski definition) is 2. The van der Waals surface area contributed by atoms with E-state index in [9.17, 15) is 0 Å². The van der Waals surface area contributed by atoms with E-state index in [2.05, 4.69) is 22.4 Å². The lowest BCUT2D eigenvalue weighted by Crippen LogP contribution is -2.33. The summed E-state index contributed by atoms with van der Waals surface area (Å²) in [5.74, 6) is 1.94. The van der Waals surface area contributed by atoms with E-state index in [1.165, 1.54) is 5.56 Å². The highest BCUT2D eigenvalue weighted by Crippen LogP contribution is 2.27. The first kappa shape index (κ1) is 25.0. The summed E-state index contributed by atoms with van der Waals surface area (Å²) in [5.41, 5.74) is 8.26. The van der Waals surface area contributed by atoms with Gasteiger partial charge in [0.2, 0.25) is 0 Å². The predicted molar refractivity (Wildman–Crippen MR) is 128 cm³/mol. The van der Waals surface area contributed by atoms with Crippen LogP contribution in [0.5, 0.6) is 11.5 Å². The van der Waals surface area contributed by atoms with Gasteiger partial charge in [-0.25, -0.2) is 0 Å². The van der Waals surface area contributed by atoms with Crippen molar-refractivity contribution in [2.45, 2.75) is 25.9 Å². The zero-order valence-corrected chi connectivity index (χ0v) is 19.6. The standard InChI is InChI=1S/C22H31N3O3.HI/c1-26-20-11-10-18(16-21(20)27-2)12-14-25-22(23)24-13-6-7-15-28-17-19-8-4-3-5-9-19;/h3-5,8-11,16H,6-7,12-15,17H2,1-2H3,(H3,23,24,25);1H. The van der Waals surface area contributed by atoms with Gasteiger partial charge in [0.05, 0.1) is 20.8 Å². The fraction of sp³-hybridized carbons (Fsp3) is 0.409. The molecule has 0 aromatic heterocycles. The molecule has 0 saturated heterocycles. The van der Waals surface area contributed by atoms with Crippen molar-refractivity contribution in [1.82, 2.24) is 5.32 Å². The second-order valence-electron chi connectivity index (χ2n) is 6.38. The Labute approximate surface area is 190 Å². The molecule has 0 aliphatic heterocycles. The minimum atomic E-state index is 0. The van der Waals surface area contributed by atoms with Crippen molar-refractivity contribution in [3.8, 4) is 11.5 Å². The normalized spacial score (nSPS) is 10.9. The highest BCUT2D eigenvalue weighted by atomic mass is 127. The Balaban J connectivity index is 0.00000420. The second-order valence-corrected chi connectivity index (χ2v) is 6.38. The summed E-state index contributed by atoms with van der Waals surface area (Å²) < 4.78 is 16.2. The summed E-state index contributed by atoms with van der Waals surface area (Å²) in [6, 6.07) is 16.1. The zero-order valence-electron chi connectivity index (χ0n) is 17.2. The molecule has 160 valence electrons. The van der Waals surface area contributed by atoms with Gasteiger partial charge in [-0.1, -0.05) is 36.4 Å². The Morgan fingerprint density at radius 1 is 0.966 bits per heavy atom. The van der Waals surface area contributed by atoms with E-state index in [0.717, 1.165) is 42.9 Å². The summed E-state index contributed by atoms with van der Waals surface area (Å²) in [7, 11) is 3.27. The molecule has 2 aromatic carbocycles. The van der Waals surface area contributed by atoms with Crippen molar-refractivity contribution in [2.24, 2.45) is 10.7 Å². The molecule has 0 heterocycles. The molecule has 0 saturated carbocycles. The van der Waals surface area contributed by atoms with Crippen LogP contribution >= 0.6 is 24.0 Å². The monoisotopic (exact) mass is 513 g/mol. The van der Waals surface area contributed by atoms with Crippen molar-refractivity contribution >= 4 is 29.9 Å². The lowest BCUT2D eigenvalue weighted by molar-refractivity contribution is 0.117. The van der Waals surface area contributed by atoms with Crippen LogP contribution in [0.2, 0.25) is 0 Å². The number of nitrogens with zero attached hydrogens (tertiary/aromatic N) is 1. The van der Waals surface area contributed by atoms with Crippen molar-refractivity contribution in [2.75, 3.05) is 33.9 Å². The maximum atomic E-state index is 5.92. The van der Waals surface area contributed by atoms with Gasteiger partial charge in [0, 0.05) is 19.7 Å². The predicted octanol–water partition coefficient (Wildman–Crippen LogP) is 3.77. The largest absolute Gasteiger partial charge is 0.493 e. The fourth-order valence-corrected chi connectivity index (χ4v) is 2.71. The quantitative estimate of drug-likeness (QED) is 0.196. The van der Waals surface area contributed by atoms with Crippen LogP contribution in [0.3, 0.4) is 0 Å². The molecule has 0 atom stereocenters. The molecule has 0 spiro atoms. The van der Waals surface area contributed by atoms with E-state index in [4.69, 9.17) is 19.9 Å². The van der Waals surface area contributed by atoms with Crippen molar-refractivity contribution in [1.29, 1.82) is 0 Å². The number of halogens is 1. The maximum Gasteiger partial charge on any atom is 0.188 e. The van der Waals surface area contributed by atoms with Gasteiger partial charge in [-0.05, 0) is 42.5 Å². The van der Waals surface area contributed by atoms with E-state index < -0.39 is 0 Å². The fourth-order valence-electron chi connectivity index (χ4n) is 2.71. The third-order valence-electron chi connectivity index (χ3n) is 4.26. The SMILES string of the molecule is COc1ccc(CCNC(N)=NCCCCOCc2ccccc2)cc1OC.I. The number of methoxy groups -OCH3 is 2. The zero-order chi connectivity index (χ0) is 20.0. The number of rotatable bonds is 12. The molecule has 0 fully saturated rings. The van der Waals surface area contributed by atoms with E-state index in [0.29, 0.717) is 25.7 Å². The number of hydrogen-bond acceptors (Lipinski definition) is 4. The number of nitrogens with two attached hydrogens (primary N) is 1. The average molecular weight is 513 g/mol. The average Bonchev–Trinajstić information content (AvgIpc) is 2.73. The number of guanidine groups is 1. The number of ether oxygens (including phenoxy) is 3. The summed E-state index contributed by atoms with van der Waals surface area (Å²) in [6.45, 7) is 2.80. The molecule has 0 unspecified atom stereocenters. The van der Waals surface area contributed by atoms with E-state index in [1.54, 1.807) is 14.2 Å². The van der Waals surface area contributed by atoms with Crippen LogP contribution in [-0.2, 0) is 17.8 Å². The van der Waals surface area contributed by atoms with Crippen LogP contribution in [0.25, 0.3) is 0 Å². The third-order valence-corrected chi connectivity index (χ3v) is 4.26. The summed E-state index contributed by atoms with van der Waals surface area (Å²) in [5, 5.41) is 3.15. The molecule has 0 aliphatic rings. The topological polar surface area (TPSA) is 78.1 Å². The number of aliphatic imine (C=N–C) groups is 1. The highest BCUT2D eigenvalue weighted by Gasteiger charge is 2.04. The molecule has 0 radical (unpaired) electrons. The van der Waals surface area contributed by atoms with E-state index in [1.807, 2.05) is 36.4 Å². The number of unbranched alkanes of at least 4 members (excludes halogenated alkanes) is 1.